The van der Waals surface area contributed by atoms with Crippen LogP contribution in [0.4, 0.5) is 11.4 Å². The largest absolute Gasteiger partial charge is 0.494 e. The minimum absolute atomic E-state index is 0.0342. The number of nitrogens with one attached hydrogen (secondary N) is 1. The lowest BCUT2D eigenvalue weighted by molar-refractivity contribution is -0.124. The van der Waals surface area contributed by atoms with Crippen molar-refractivity contribution in [3.63, 3.8) is 0 Å². The van der Waals surface area contributed by atoms with Gasteiger partial charge in [-0.15, -0.1) is 0 Å². The van der Waals surface area contributed by atoms with Gasteiger partial charge >= 0.3 is 0 Å². The first-order valence-electron chi connectivity index (χ1n) is 13.3. The number of anilines is 2. The van der Waals surface area contributed by atoms with Crippen molar-refractivity contribution in [1.82, 2.24) is 9.80 Å². The minimum Gasteiger partial charge on any atom is -0.494 e. The predicted molar refractivity (Wildman–Crippen MR) is 152 cm³/mol. The van der Waals surface area contributed by atoms with Crippen molar-refractivity contribution >= 4 is 40.5 Å². The third-order valence-corrected chi connectivity index (χ3v) is 7.55. The number of thiocarbonyl (C=S) groups is 1. The topological polar surface area (TPSA) is 65.1 Å². The molecule has 2 saturated heterocycles. The first kappa shape index (κ1) is 27.1. The number of likely N-dealkylation sites (tertiary alicyclic amines) is 1. The molecule has 0 aromatic heterocycles. The number of rotatable bonds is 10. The molecule has 0 radical (unpaired) electrons. The fourth-order valence-electron chi connectivity index (χ4n) is 4.80. The summed E-state index contributed by atoms with van der Waals surface area (Å²) < 4.78 is 5.62. The minimum atomic E-state index is -0.635. The monoisotopic (exact) mass is 522 g/mol. The molecule has 2 fully saturated rings. The van der Waals surface area contributed by atoms with Gasteiger partial charge < -0.3 is 19.9 Å². The normalized spacial score (nSPS) is 18.9. The van der Waals surface area contributed by atoms with E-state index in [9.17, 15) is 9.59 Å². The summed E-state index contributed by atoms with van der Waals surface area (Å²) in [6.07, 6.45) is 3.34. The van der Waals surface area contributed by atoms with Crippen LogP contribution in [0.5, 0.6) is 5.75 Å². The van der Waals surface area contributed by atoms with E-state index in [-0.39, 0.29) is 18.2 Å². The number of aryl methyl sites for hydroxylation is 1. The number of ether oxygens (including phenoxy) is 1. The van der Waals surface area contributed by atoms with Crippen LogP contribution >= 0.6 is 12.2 Å². The second-order valence-electron chi connectivity index (χ2n) is 10.2. The van der Waals surface area contributed by atoms with Gasteiger partial charge in [0.25, 0.3) is 5.91 Å². The van der Waals surface area contributed by atoms with Gasteiger partial charge in [0.2, 0.25) is 5.91 Å². The van der Waals surface area contributed by atoms with Crippen LogP contribution in [0, 0.1) is 12.8 Å². The van der Waals surface area contributed by atoms with Crippen molar-refractivity contribution in [2.45, 2.75) is 52.5 Å². The Hall–Kier alpha value is -2.97. The molecule has 7 nitrogen and oxygen atoms in total. The maximum absolute atomic E-state index is 13.6. The predicted octanol–water partition coefficient (Wildman–Crippen LogP) is 4.85. The highest BCUT2D eigenvalue weighted by Crippen LogP contribution is 2.28. The van der Waals surface area contributed by atoms with Crippen molar-refractivity contribution in [1.29, 1.82) is 0 Å². The summed E-state index contributed by atoms with van der Waals surface area (Å²) in [5.74, 6) is 1.15. The van der Waals surface area contributed by atoms with E-state index in [0.29, 0.717) is 24.0 Å². The van der Waals surface area contributed by atoms with Crippen molar-refractivity contribution in [3.8, 4) is 5.75 Å². The SMILES string of the molecule is CCCOc1ccc(NC(=O)C[C@@H]2C(=O)N(c3ccc(C)cc3)C(=S)N2CCN2CCC(C)CC2)cc1. The molecule has 1 N–H and O–H groups in total. The van der Waals surface area contributed by atoms with Gasteiger partial charge in [0.1, 0.15) is 11.8 Å². The zero-order valence-corrected chi connectivity index (χ0v) is 22.9. The van der Waals surface area contributed by atoms with Crippen LogP contribution in [0.2, 0.25) is 0 Å². The van der Waals surface area contributed by atoms with Gasteiger partial charge in [-0.3, -0.25) is 14.5 Å². The van der Waals surface area contributed by atoms with Crippen molar-refractivity contribution in [2.75, 3.05) is 43.0 Å². The van der Waals surface area contributed by atoms with Gasteiger partial charge in [-0.05, 0) is 93.8 Å². The summed E-state index contributed by atoms with van der Waals surface area (Å²) in [6, 6.07) is 14.4. The Morgan fingerprint density at radius 2 is 1.73 bits per heavy atom. The van der Waals surface area contributed by atoms with Crippen LogP contribution < -0.4 is 15.0 Å². The van der Waals surface area contributed by atoms with E-state index in [1.807, 2.05) is 60.4 Å². The van der Waals surface area contributed by atoms with Crippen LogP contribution in [0.25, 0.3) is 0 Å². The van der Waals surface area contributed by atoms with Gasteiger partial charge in [-0.1, -0.05) is 31.5 Å². The third kappa shape index (κ3) is 6.87. The van der Waals surface area contributed by atoms with E-state index in [1.54, 1.807) is 4.90 Å². The van der Waals surface area contributed by atoms with Crippen LogP contribution in [0.3, 0.4) is 0 Å². The summed E-state index contributed by atoms with van der Waals surface area (Å²) in [6.45, 7) is 10.6. The molecule has 2 aliphatic rings. The number of hydrogen-bond donors (Lipinski definition) is 1. The number of piperidine rings is 1. The van der Waals surface area contributed by atoms with Crippen LogP contribution in [-0.2, 0) is 9.59 Å². The highest BCUT2D eigenvalue weighted by Gasteiger charge is 2.44. The molecule has 4 rings (SSSR count). The summed E-state index contributed by atoms with van der Waals surface area (Å²) >= 11 is 5.82. The molecule has 1 atom stereocenters. The Labute approximate surface area is 225 Å². The Morgan fingerprint density at radius 1 is 1.05 bits per heavy atom. The standard InChI is InChI=1S/C29H38N4O3S/c1-4-19-36-25-11-7-23(8-12-25)30-27(34)20-26-28(35)33(24-9-5-21(2)6-10-24)29(37)32(26)18-17-31-15-13-22(3)14-16-31/h5-12,22,26H,4,13-20H2,1-3H3,(H,30,34)/t26-/m1/s1. The molecule has 0 spiro atoms. The Balaban J connectivity index is 1.46. The average molecular weight is 523 g/mol. The Morgan fingerprint density at radius 3 is 2.38 bits per heavy atom. The molecule has 8 heteroatoms. The second-order valence-corrected chi connectivity index (χ2v) is 10.5. The number of carbonyl (C=O) groups is 2. The molecule has 2 heterocycles. The van der Waals surface area contributed by atoms with Gasteiger partial charge in [0.05, 0.1) is 18.7 Å². The highest BCUT2D eigenvalue weighted by atomic mass is 32.1. The average Bonchev–Trinajstić information content (AvgIpc) is 3.12. The lowest BCUT2D eigenvalue weighted by atomic mass is 9.99. The number of benzene rings is 2. The molecule has 2 aromatic carbocycles. The van der Waals surface area contributed by atoms with E-state index in [0.717, 1.165) is 49.0 Å². The highest BCUT2D eigenvalue weighted by molar-refractivity contribution is 7.80. The fourth-order valence-corrected chi connectivity index (χ4v) is 5.21. The Kier molecular flexibility index (Phi) is 9.16. The molecule has 198 valence electrons. The zero-order valence-electron chi connectivity index (χ0n) is 22.1. The number of hydrogen-bond acceptors (Lipinski definition) is 5. The van der Waals surface area contributed by atoms with E-state index in [4.69, 9.17) is 17.0 Å². The Bertz CT molecular complexity index is 1080. The molecular formula is C29H38N4O3S. The molecule has 2 aromatic rings. The van der Waals surface area contributed by atoms with Crippen LogP contribution in [0.1, 0.15) is 45.1 Å². The number of carbonyl (C=O) groups excluding carboxylic acids is 2. The number of amides is 2. The van der Waals surface area contributed by atoms with Gasteiger partial charge in [-0.25, -0.2) is 0 Å². The molecule has 0 saturated carbocycles. The van der Waals surface area contributed by atoms with Crippen molar-refractivity contribution < 1.29 is 14.3 Å². The number of nitrogens with zero attached hydrogens (tertiary/aromatic N) is 3. The summed E-state index contributed by atoms with van der Waals surface area (Å²) in [5.41, 5.74) is 2.52. The van der Waals surface area contributed by atoms with Crippen LogP contribution in [0.15, 0.2) is 48.5 Å². The molecule has 0 bridgehead atoms. The molecule has 0 aliphatic carbocycles. The first-order chi connectivity index (χ1) is 17.9. The van der Waals surface area contributed by atoms with E-state index in [1.165, 1.54) is 12.8 Å². The third-order valence-electron chi connectivity index (χ3n) is 7.13. The smallest absolute Gasteiger partial charge is 0.256 e. The fraction of sp³-hybridized carbons (Fsp3) is 0.483. The first-order valence-corrected chi connectivity index (χ1v) is 13.7. The molecule has 0 unspecified atom stereocenters. The molecule has 37 heavy (non-hydrogen) atoms. The summed E-state index contributed by atoms with van der Waals surface area (Å²) in [5, 5.41) is 3.40. The van der Waals surface area contributed by atoms with E-state index < -0.39 is 6.04 Å². The van der Waals surface area contributed by atoms with Crippen LogP contribution in [-0.4, -0.2) is 65.6 Å². The van der Waals surface area contributed by atoms with Gasteiger partial charge in [0, 0.05) is 18.8 Å². The summed E-state index contributed by atoms with van der Waals surface area (Å²) in [4.78, 5) is 32.6. The lowest BCUT2D eigenvalue weighted by Crippen LogP contribution is -2.44. The summed E-state index contributed by atoms with van der Waals surface area (Å²) in [7, 11) is 0. The van der Waals surface area contributed by atoms with E-state index >= 15 is 0 Å². The maximum Gasteiger partial charge on any atom is 0.256 e. The lowest BCUT2D eigenvalue weighted by Gasteiger charge is -2.32. The van der Waals surface area contributed by atoms with Crippen molar-refractivity contribution in [2.24, 2.45) is 5.92 Å². The molecule has 2 aliphatic heterocycles. The van der Waals surface area contributed by atoms with Gasteiger partial charge in [0.15, 0.2) is 5.11 Å². The molecule has 2 amide bonds. The van der Waals surface area contributed by atoms with Gasteiger partial charge in [-0.2, -0.15) is 0 Å². The maximum atomic E-state index is 13.6. The zero-order chi connectivity index (χ0) is 26.4. The van der Waals surface area contributed by atoms with E-state index in [2.05, 4.69) is 24.1 Å². The second kappa shape index (κ2) is 12.5. The quantitative estimate of drug-likeness (QED) is 0.450. The molecular weight excluding hydrogens is 484 g/mol. The van der Waals surface area contributed by atoms with Crippen molar-refractivity contribution in [3.05, 3.63) is 54.1 Å².